The van der Waals surface area contributed by atoms with Crippen LogP contribution >= 0.6 is 11.8 Å². The molecule has 0 amide bonds. The van der Waals surface area contributed by atoms with E-state index < -0.39 is 12.2 Å². The largest absolute Gasteiger partial charge is 0.389 e. The molecule has 0 spiro atoms. The zero-order valence-electron chi connectivity index (χ0n) is 9.75. The zero-order valence-corrected chi connectivity index (χ0v) is 10.6. The van der Waals surface area contributed by atoms with Gasteiger partial charge in [0, 0.05) is 24.4 Å². The number of carbonyl (C=O) groups is 1. The highest BCUT2D eigenvalue weighted by Crippen LogP contribution is 2.24. The molecule has 1 aromatic rings. The third-order valence-corrected chi connectivity index (χ3v) is 3.14. The second-order valence-corrected chi connectivity index (χ2v) is 5.00. The number of aromatic nitrogens is 1. The van der Waals surface area contributed by atoms with Crippen molar-refractivity contribution in [2.45, 2.75) is 26.1 Å². The predicted octanol–water partition coefficient (Wildman–Crippen LogP) is 0.646. The lowest BCUT2D eigenvalue weighted by atomic mass is 10.0. The molecule has 17 heavy (non-hydrogen) atoms. The Kier molecular flexibility index (Phi) is 4.92. The first-order valence-electron chi connectivity index (χ1n) is 5.13. The maximum Gasteiger partial charge on any atom is 0.185 e. The fourth-order valence-corrected chi connectivity index (χ4v) is 1.93. The molecular formula is C11H16N2O3S. The average molecular weight is 256 g/mol. The van der Waals surface area contributed by atoms with E-state index in [1.54, 1.807) is 12.3 Å². The van der Waals surface area contributed by atoms with Crippen LogP contribution in [0.15, 0.2) is 12.3 Å². The van der Waals surface area contributed by atoms with E-state index in [9.17, 15) is 15.0 Å². The number of aliphatic hydroxyl groups is 2. The quantitative estimate of drug-likeness (QED) is 0.732. The highest BCUT2D eigenvalue weighted by atomic mass is 32.2. The maximum absolute atomic E-state index is 10.8. The molecule has 0 aliphatic heterocycles. The van der Waals surface area contributed by atoms with E-state index in [1.165, 1.54) is 6.92 Å². The second kappa shape index (κ2) is 6.00. The molecule has 0 fully saturated rings. The van der Waals surface area contributed by atoms with Crippen molar-refractivity contribution in [3.8, 4) is 0 Å². The van der Waals surface area contributed by atoms with Crippen LogP contribution in [0.5, 0.6) is 0 Å². The molecule has 1 aromatic heterocycles. The number of nitrogens with zero attached hydrogens (tertiary/aromatic N) is 1. The number of nitrogens with two attached hydrogens (primary N) is 1. The molecule has 0 saturated heterocycles. The number of rotatable bonds is 4. The van der Waals surface area contributed by atoms with Crippen LogP contribution in [0.25, 0.3) is 0 Å². The number of aliphatic hydroxyl groups excluding tert-OH is 2. The first-order chi connectivity index (χ1) is 7.91. The van der Waals surface area contributed by atoms with Gasteiger partial charge in [-0.25, -0.2) is 4.98 Å². The number of aryl methyl sites for hydroxylation is 1. The van der Waals surface area contributed by atoms with Crippen LogP contribution in [0.2, 0.25) is 0 Å². The van der Waals surface area contributed by atoms with Crippen molar-refractivity contribution in [1.82, 2.24) is 4.98 Å². The SMILES string of the molecule is CC(=O)SCC(O)C(O)c1cc(C)cnc1N. The fourth-order valence-electron chi connectivity index (χ4n) is 1.34. The van der Waals surface area contributed by atoms with Gasteiger partial charge in [0.1, 0.15) is 11.9 Å². The molecule has 0 aromatic carbocycles. The summed E-state index contributed by atoms with van der Waals surface area (Å²) in [5.41, 5.74) is 6.87. The Morgan fingerprint density at radius 3 is 2.82 bits per heavy atom. The van der Waals surface area contributed by atoms with Gasteiger partial charge in [-0.2, -0.15) is 0 Å². The highest BCUT2D eigenvalue weighted by Gasteiger charge is 2.21. The van der Waals surface area contributed by atoms with Crippen molar-refractivity contribution in [3.63, 3.8) is 0 Å². The first-order valence-corrected chi connectivity index (χ1v) is 6.12. The molecule has 0 aliphatic rings. The normalized spacial score (nSPS) is 14.4. The van der Waals surface area contributed by atoms with Crippen LogP contribution in [-0.2, 0) is 4.79 Å². The highest BCUT2D eigenvalue weighted by molar-refractivity contribution is 8.13. The van der Waals surface area contributed by atoms with Gasteiger partial charge in [0.25, 0.3) is 0 Å². The third-order valence-electron chi connectivity index (χ3n) is 2.23. The number of thioether (sulfide) groups is 1. The van der Waals surface area contributed by atoms with E-state index in [4.69, 9.17) is 5.73 Å². The Morgan fingerprint density at radius 1 is 1.59 bits per heavy atom. The standard InChI is InChI=1S/C11H16N2O3S/c1-6-3-8(11(12)13-4-6)10(16)9(15)5-17-7(2)14/h3-4,9-10,15-16H,5H2,1-2H3,(H2,12,13). The molecule has 0 radical (unpaired) electrons. The summed E-state index contributed by atoms with van der Waals surface area (Å²) in [7, 11) is 0. The summed E-state index contributed by atoms with van der Waals surface area (Å²) in [5.74, 6) is 0.319. The molecule has 2 unspecified atom stereocenters. The molecule has 6 heteroatoms. The maximum atomic E-state index is 10.8. The summed E-state index contributed by atoms with van der Waals surface area (Å²) < 4.78 is 0. The van der Waals surface area contributed by atoms with E-state index in [2.05, 4.69) is 4.98 Å². The van der Waals surface area contributed by atoms with Crippen molar-refractivity contribution in [3.05, 3.63) is 23.4 Å². The van der Waals surface area contributed by atoms with E-state index >= 15 is 0 Å². The molecule has 4 N–H and O–H groups in total. The minimum absolute atomic E-state index is 0.105. The predicted molar refractivity (Wildman–Crippen MR) is 67.5 cm³/mol. The Hall–Kier alpha value is -1.11. The van der Waals surface area contributed by atoms with Gasteiger partial charge in [-0.3, -0.25) is 4.79 Å². The van der Waals surface area contributed by atoms with Crippen LogP contribution in [-0.4, -0.2) is 32.2 Å². The van der Waals surface area contributed by atoms with Crippen LogP contribution in [0, 0.1) is 6.92 Å². The van der Waals surface area contributed by atoms with Gasteiger partial charge in [-0.05, 0) is 18.6 Å². The first kappa shape index (κ1) is 14.0. The Labute approximate surface area is 104 Å². The zero-order chi connectivity index (χ0) is 13.0. The fraction of sp³-hybridized carbons (Fsp3) is 0.455. The summed E-state index contributed by atoms with van der Waals surface area (Å²) in [5, 5.41) is 19.5. The van der Waals surface area contributed by atoms with Gasteiger partial charge in [-0.1, -0.05) is 11.8 Å². The van der Waals surface area contributed by atoms with Crippen molar-refractivity contribution in [2.75, 3.05) is 11.5 Å². The molecule has 5 nitrogen and oxygen atoms in total. The summed E-state index contributed by atoms with van der Waals surface area (Å²) in [6.45, 7) is 3.23. The van der Waals surface area contributed by atoms with Gasteiger partial charge in [-0.15, -0.1) is 0 Å². The molecule has 94 valence electrons. The summed E-state index contributed by atoms with van der Waals surface area (Å²) in [6, 6.07) is 1.68. The monoisotopic (exact) mass is 256 g/mol. The van der Waals surface area contributed by atoms with E-state index in [-0.39, 0.29) is 16.7 Å². The molecular weight excluding hydrogens is 240 g/mol. The van der Waals surface area contributed by atoms with Crippen molar-refractivity contribution in [1.29, 1.82) is 0 Å². The number of hydrogen-bond donors (Lipinski definition) is 3. The summed E-state index contributed by atoms with van der Waals surface area (Å²) in [4.78, 5) is 14.7. The van der Waals surface area contributed by atoms with Crippen LogP contribution in [0.4, 0.5) is 5.82 Å². The van der Waals surface area contributed by atoms with Crippen LogP contribution in [0.3, 0.4) is 0 Å². The molecule has 1 rings (SSSR count). The van der Waals surface area contributed by atoms with Crippen LogP contribution < -0.4 is 5.73 Å². The second-order valence-electron chi connectivity index (χ2n) is 3.80. The minimum Gasteiger partial charge on any atom is -0.389 e. The molecule has 0 saturated carbocycles. The summed E-state index contributed by atoms with van der Waals surface area (Å²) in [6.07, 6.45) is -0.591. The van der Waals surface area contributed by atoms with Gasteiger partial charge in [0.05, 0.1) is 6.10 Å². The molecule has 2 atom stereocenters. The number of carbonyl (C=O) groups excluding carboxylic acids is 1. The lowest BCUT2D eigenvalue weighted by Crippen LogP contribution is -2.22. The van der Waals surface area contributed by atoms with Gasteiger partial charge in [0.15, 0.2) is 5.12 Å². The molecule has 1 heterocycles. The number of anilines is 1. The molecule has 0 aliphatic carbocycles. The van der Waals surface area contributed by atoms with Gasteiger partial charge in [0.2, 0.25) is 0 Å². The minimum atomic E-state index is -1.13. The number of hydrogen-bond acceptors (Lipinski definition) is 6. The van der Waals surface area contributed by atoms with Crippen molar-refractivity contribution >= 4 is 22.7 Å². The topological polar surface area (TPSA) is 96.4 Å². The Balaban J connectivity index is 2.77. The summed E-state index contributed by atoms with van der Waals surface area (Å²) >= 11 is 0.962. The Bertz CT molecular complexity index is 412. The third kappa shape index (κ3) is 3.99. The van der Waals surface area contributed by atoms with Gasteiger partial charge >= 0.3 is 0 Å². The lowest BCUT2D eigenvalue weighted by molar-refractivity contribution is -0.109. The number of pyridine rings is 1. The van der Waals surface area contributed by atoms with Crippen molar-refractivity contribution < 1.29 is 15.0 Å². The van der Waals surface area contributed by atoms with Crippen molar-refractivity contribution in [2.24, 2.45) is 0 Å². The van der Waals surface area contributed by atoms with Gasteiger partial charge < -0.3 is 15.9 Å². The smallest absolute Gasteiger partial charge is 0.185 e. The van der Waals surface area contributed by atoms with Crippen LogP contribution in [0.1, 0.15) is 24.2 Å². The van der Waals surface area contributed by atoms with E-state index in [0.29, 0.717) is 5.56 Å². The van der Waals surface area contributed by atoms with E-state index in [1.807, 2.05) is 6.92 Å². The average Bonchev–Trinajstić information content (AvgIpc) is 2.28. The Morgan fingerprint density at radius 2 is 2.24 bits per heavy atom. The number of nitrogen functional groups attached to an aromatic ring is 1. The molecule has 0 bridgehead atoms. The van der Waals surface area contributed by atoms with E-state index in [0.717, 1.165) is 17.3 Å². The lowest BCUT2D eigenvalue weighted by Gasteiger charge is -2.18.